The zero-order chi connectivity index (χ0) is 6.95. The van der Waals surface area contributed by atoms with Crippen molar-refractivity contribution in [3.63, 3.8) is 0 Å². The molecule has 1 nitrogen and oxygen atoms in total. The Balaban J connectivity index is 2.60. The van der Waals surface area contributed by atoms with Crippen LogP contribution in [0.2, 0.25) is 0 Å². The second-order valence-electron chi connectivity index (χ2n) is 1.94. The van der Waals surface area contributed by atoms with E-state index in [1.165, 1.54) is 12.8 Å². The summed E-state index contributed by atoms with van der Waals surface area (Å²) in [7, 11) is 0. The third kappa shape index (κ3) is 8.66. The topological polar surface area (TPSA) is 19.9 Å². The van der Waals surface area contributed by atoms with Gasteiger partial charge in [-0.15, -0.1) is 0 Å². The van der Waals surface area contributed by atoms with Crippen LogP contribution >= 0.6 is 24.7 Å². The number of rotatable bonds is 6. The van der Waals surface area contributed by atoms with Gasteiger partial charge in [0.1, 0.15) is 0 Å². The molecule has 0 saturated carbocycles. The highest BCUT2D eigenvalue weighted by molar-refractivity contribution is 7.93. The summed E-state index contributed by atoms with van der Waals surface area (Å²) in [4.78, 5) is 0. The summed E-state index contributed by atoms with van der Waals surface area (Å²) in [5.74, 6) is 1.63. The van der Waals surface area contributed by atoms with Crippen molar-refractivity contribution in [3.05, 3.63) is 0 Å². The monoisotopic (exact) mass is 164 g/mol. The fraction of sp³-hybridized carbons (Fsp3) is 1.00. The largest absolute Gasteiger partial charge is 0.151 e. The molecule has 0 bridgehead atoms. The first-order chi connectivity index (χ1) is 4.41. The lowest BCUT2D eigenvalue weighted by Crippen LogP contribution is -1.80. The zero-order valence-corrected chi connectivity index (χ0v) is 7.10. The smallest absolute Gasteiger partial charge is 0.0326 e. The minimum atomic E-state index is 0.684. The Bertz CT molecular complexity index is 44.3. The summed E-state index contributed by atoms with van der Waals surface area (Å²) >= 11 is 5.45. The van der Waals surface area contributed by atoms with Gasteiger partial charge in [-0.05, 0) is 12.8 Å². The molecule has 0 saturated heterocycles. The molecule has 0 aromatic rings. The van der Waals surface area contributed by atoms with Gasteiger partial charge in [0.2, 0.25) is 0 Å². The number of unbranched alkanes of at least 4 members (excludes halogenated alkanes) is 3. The van der Waals surface area contributed by atoms with Crippen molar-refractivity contribution in [3.8, 4) is 0 Å². The molecule has 3 heteroatoms. The molecule has 0 rings (SSSR count). The molecule has 0 heterocycles. The lowest BCUT2D eigenvalue weighted by Gasteiger charge is -1.93. The lowest BCUT2D eigenvalue weighted by atomic mass is 10.2. The maximum absolute atomic E-state index is 9.86. The Morgan fingerprint density at radius 2 is 1.78 bits per heavy atom. The lowest BCUT2D eigenvalue weighted by molar-refractivity contribution is 0.529. The molecule has 0 fully saturated rings. The maximum Gasteiger partial charge on any atom is 0.0326 e. The summed E-state index contributed by atoms with van der Waals surface area (Å²) in [5, 5.41) is 0. The summed E-state index contributed by atoms with van der Waals surface area (Å²) in [5.41, 5.74) is 0. The predicted molar refractivity (Wildman–Crippen MR) is 44.1 cm³/mol. The van der Waals surface area contributed by atoms with Gasteiger partial charge in [0.15, 0.2) is 0 Å². The fourth-order valence-electron chi connectivity index (χ4n) is 0.617. The molecule has 0 amide bonds. The average Bonchev–Trinajstić information content (AvgIpc) is 1.89. The molecular weight excluding hydrogens is 152 g/mol. The predicted octanol–water partition coefficient (Wildman–Crippen LogP) is 2.82. The third-order valence-electron chi connectivity index (χ3n) is 1.12. The Labute approximate surface area is 66.8 Å². The van der Waals surface area contributed by atoms with Gasteiger partial charge < -0.3 is 0 Å². The zero-order valence-electron chi connectivity index (χ0n) is 5.47. The van der Waals surface area contributed by atoms with Crippen LogP contribution in [0.5, 0.6) is 0 Å². The van der Waals surface area contributed by atoms with Crippen LogP contribution in [0.3, 0.4) is 0 Å². The van der Waals surface area contributed by atoms with Crippen LogP contribution in [0, 0.1) is 0 Å². The summed E-state index contributed by atoms with van der Waals surface area (Å²) in [6.45, 7) is 0. The Morgan fingerprint density at radius 3 is 2.33 bits per heavy atom. The normalized spacial score (nSPS) is 10.0. The minimum Gasteiger partial charge on any atom is -0.151 e. The van der Waals surface area contributed by atoms with E-state index in [9.17, 15) is 4.55 Å². The van der Waals surface area contributed by atoms with E-state index in [-0.39, 0.29) is 0 Å². The Hall–Kier alpha value is 0.660. The van der Waals surface area contributed by atoms with E-state index in [0.717, 1.165) is 24.3 Å². The van der Waals surface area contributed by atoms with Crippen LogP contribution in [-0.2, 0) is 4.55 Å². The quantitative estimate of drug-likeness (QED) is 0.436. The third-order valence-corrected chi connectivity index (χ3v) is 1.87. The second kappa shape index (κ2) is 8.66. The van der Waals surface area contributed by atoms with E-state index >= 15 is 0 Å². The molecule has 0 spiro atoms. The standard InChI is InChI=1S/C6H12OS2/c7-9-6-4-2-1-3-5-8/h1-6H2. The first-order valence-electron chi connectivity index (χ1n) is 3.24. The molecule has 0 aliphatic carbocycles. The molecule has 54 valence electrons. The second-order valence-corrected chi connectivity index (χ2v) is 2.99. The van der Waals surface area contributed by atoms with Gasteiger partial charge in [-0.1, -0.05) is 25.5 Å². The van der Waals surface area contributed by atoms with E-state index in [1.807, 2.05) is 0 Å². The maximum atomic E-state index is 9.86. The van der Waals surface area contributed by atoms with E-state index in [1.54, 1.807) is 0 Å². The van der Waals surface area contributed by atoms with Crippen LogP contribution in [0.4, 0.5) is 0 Å². The van der Waals surface area contributed by atoms with Crippen molar-refractivity contribution < 1.29 is 4.55 Å². The van der Waals surface area contributed by atoms with Crippen molar-refractivity contribution >= 4 is 24.7 Å². The molecule has 0 aliphatic heterocycles. The van der Waals surface area contributed by atoms with Gasteiger partial charge in [0.25, 0.3) is 0 Å². The molecule has 0 atom stereocenters. The average molecular weight is 164 g/mol. The van der Waals surface area contributed by atoms with Crippen molar-refractivity contribution in [2.45, 2.75) is 25.7 Å². The van der Waals surface area contributed by atoms with Crippen LogP contribution in [0.1, 0.15) is 25.7 Å². The van der Waals surface area contributed by atoms with Gasteiger partial charge in [0, 0.05) is 23.5 Å². The van der Waals surface area contributed by atoms with Crippen LogP contribution in [-0.4, -0.2) is 11.5 Å². The fourth-order valence-corrected chi connectivity index (χ4v) is 1.14. The SMILES string of the molecule is [O]SCCCCCC[S]. The molecule has 2 radical (unpaired) electrons. The van der Waals surface area contributed by atoms with Gasteiger partial charge in [-0.3, -0.25) is 0 Å². The summed E-state index contributed by atoms with van der Waals surface area (Å²) in [6, 6.07) is 0. The Kier molecular flexibility index (Phi) is 9.30. The molecule has 0 aromatic carbocycles. The molecule has 0 aromatic heterocycles. The van der Waals surface area contributed by atoms with E-state index < -0.39 is 0 Å². The van der Waals surface area contributed by atoms with Gasteiger partial charge >= 0.3 is 0 Å². The Morgan fingerprint density at radius 1 is 1.11 bits per heavy atom. The number of hydrogen-bond donors (Lipinski definition) is 0. The van der Waals surface area contributed by atoms with Crippen molar-refractivity contribution in [2.24, 2.45) is 0 Å². The first-order valence-corrected chi connectivity index (χ1v) is 4.73. The van der Waals surface area contributed by atoms with Crippen LogP contribution in [0.15, 0.2) is 0 Å². The van der Waals surface area contributed by atoms with E-state index in [0.29, 0.717) is 12.0 Å². The van der Waals surface area contributed by atoms with Crippen LogP contribution in [0.25, 0.3) is 0 Å². The summed E-state index contributed by atoms with van der Waals surface area (Å²) < 4.78 is 9.86. The molecular formula is C6H12OS2. The molecule has 9 heavy (non-hydrogen) atoms. The van der Waals surface area contributed by atoms with Gasteiger partial charge in [-0.25, -0.2) is 0 Å². The highest BCUT2D eigenvalue weighted by Gasteiger charge is 1.88. The van der Waals surface area contributed by atoms with Crippen molar-refractivity contribution in [1.29, 1.82) is 0 Å². The van der Waals surface area contributed by atoms with Crippen molar-refractivity contribution in [1.82, 2.24) is 0 Å². The number of hydrogen-bond acceptors (Lipinski definition) is 1. The minimum absolute atomic E-state index is 0.684. The van der Waals surface area contributed by atoms with Crippen LogP contribution < -0.4 is 0 Å². The van der Waals surface area contributed by atoms with E-state index in [4.69, 9.17) is 12.6 Å². The van der Waals surface area contributed by atoms with Gasteiger partial charge in [0.05, 0.1) is 0 Å². The molecule has 0 aliphatic rings. The first kappa shape index (κ1) is 9.66. The van der Waals surface area contributed by atoms with Crippen molar-refractivity contribution in [2.75, 3.05) is 11.5 Å². The molecule has 0 N–H and O–H groups in total. The highest BCUT2D eigenvalue weighted by atomic mass is 32.2. The summed E-state index contributed by atoms with van der Waals surface area (Å²) in [6.07, 6.45) is 4.57. The van der Waals surface area contributed by atoms with E-state index in [2.05, 4.69) is 0 Å². The molecule has 0 unspecified atom stereocenters. The van der Waals surface area contributed by atoms with Gasteiger partial charge in [-0.2, -0.15) is 4.55 Å². The highest BCUT2D eigenvalue weighted by Crippen LogP contribution is 2.04.